The molecule has 2 aromatic rings. The van der Waals surface area contributed by atoms with E-state index in [1.54, 1.807) is 0 Å². The van der Waals surface area contributed by atoms with E-state index in [1.165, 1.54) is 5.56 Å². The first-order chi connectivity index (χ1) is 9.66. The maximum atomic E-state index is 6.16. The van der Waals surface area contributed by atoms with Gasteiger partial charge >= 0.3 is 0 Å². The lowest BCUT2D eigenvalue weighted by Gasteiger charge is -2.39. The van der Waals surface area contributed by atoms with Gasteiger partial charge in [0.15, 0.2) is 0 Å². The number of hydrogen-bond acceptors (Lipinski definition) is 3. The van der Waals surface area contributed by atoms with E-state index in [4.69, 9.17) is 10.5 Å². The van der Waals surface area contributed by atoms with Crippen LogP contribution in [0.5, 0.6) is 5.75 Å². The summed E-state index contributed by atoms with van der Waals surface area (Å²) >= 11 is 0. The molecule has 0 saturated heterocycles. The molecule has 3 rings (SSSR count). The van der Waals surface area contributed by atoms with Crippen LogP contribution in [0.15, 0.2) is 48.5 Å². The zero-order valence-electron chi connectivity index (χ0n) is 11.9. The Hall–Kier alpha value is -2.16. The third-order valence-electron chi connectivity index (χ3n) is 3.74. The van der Waals surface area contributed by atoms with E-state index < -0.39 is 0 Å². The minimum absolute atomic E-state index is 0.0490. The maximum Gasteiger partial charge on any atom is 0.145 e. The SMILES string of the molecule is CC(C)N1CC(c2ccccc2)Oc2cccc(N)c21. The molecule has 0 aliphatic carbocycles. The number of ether oxygens (including phenoxy) is 1. The number of nitrogens with zero attached hydrogens (tertiary/aromatic N) is 1. The smallest absolute Gasteiger partial charge is 0.145 e. The minimum Gasteiger partial charge on any atom is -0.482 e. The van der Waals surface area contributed by atoms with Crippen LogP contribution in [0.4, 0.5) is 11.4 Å². The zero-order valence-corrected chi connectivity index (χ0v) is 11.9. The first-order valence-electron chi connectivity index (χ1n) is 7.03. The van der Waals surface area contributed by atoms with Crippen LogP contribution in [0, 0.1) is 0 Å². The Morgan fingerprint density at radius 1 is 1.10 bits per heavy atom. The van der Waals surface area contributed by atoms with Crippen molar-refractivity contribution in [3.05, 3.63) is 54.1 Å². The molecule has 0 fully saturated rings. The van der Waals surface area contributed by atoms with Gasteiger partial charge in [0.25, 0.3) is 0 Å². The summed E-state index contributed by atoms with van der Waals surface area (Å²) in [6, 6.07) is 16.6. The van der Waals surface area contributed by atoms with Crippen LogP contribution >= 0.6 is 0 Å². The lowest BCUT2D eigenvalue weighted by molar-refractivity contribution is 0.194. The van der Waals surface area contributed by atoms with Crippen LogP contribution < -0.4 is 15.4 Å². The van der Waals surface area contributed by atoms with Crippen molar-refractivity contribution in [1.82, 2.24) is 0 Å². The number of nitrogens with two attached hydrogens (primary N) is 1. The molecule has 0 amide bonds. The van der Waals surface area contributed by atoms with Gasteiger partial charge in [0.05, 0.1) is 12.2 Å². The van der Waals surface area contributed by atoms with Crippen LogP contribution in [0.1, 0.15) is 25.5 Å². The Morgan fingerprint density at radius 2 is 1.85 bits per heavy atom. The molecule has 0 aromatic heterocycles. The Labute approximate surface area is 120 Å². The van der Waals surface area contributed by atoms with Crippen molar-refractivity contribution < 1.29 is 4.74 Å². The largest absolute Gasteiger partial charge is 0.482 e. The number of benzene rings is 2. The van der Waals surface area contributed by atoms with E-state index in [9.17, 15) is 0 Å². The summed E-state index contributed by atoms with van der Waals surface area (Å²) < 4.78 is 6.16. The molecule has 0 radical (unpaired) electrons. The highest BCUT2D eigenvalue weighted by molar-refractivity contribution is 5.76. The number of fused-ring (bicyclic) bond motifs is 1. The first kappa shape index (κ1) is 12.9. The van der Waals surface area contributed by atoms with Crippen molar-refractivity contribution in [3.63, 3.8) is 0 Å². The quantitative estimate of drug-likeness (QED) is 0.845. The van der Waals surface area contributed by atoms with Gasteiger partial charge in [0, 0.05) is 6.04 Å². The number of para-hydroxylation sites is 1. The third-order valence-corrected chi connectivity index (χ3v) is 3.74. The molecule has 0 saturated carbocycles. The van der Waals surface area contributed by atoms with Gasteiger partial charge in [-0.15, -0.1) is 0 Å². The Kier molecular flexibility index (Phi) is 3.26. The van der Waals surface area contributed by atoms with E-state index in [-0.39, 0.29) is 6.10 Å². The molecule has 1 aliphatic heterocycles. The summed E-state index contributed by atoms with van der Waals surface area (Å²) in [6.07, 6.45) is 0.0490. The Morgan fingerprint density at radius 3 is 2.55 bits per heavy atom. The average Bonchev–Trinajstić information content (AvgIpc) is 2.47. The Bertz CT molecular complexity index is 595. The molecular weight excluding hydrogens is 248 g/mol. The second kappa shape index (κ2) is 5.08. The molecule has 0 bridgehead atoms. The van der Waals surface area contributed by atoms with Gasteiger partial charge < -0.3 is 15.4 Å². The lowest BCUT2D eigenvalue weighted by atomic mass is 10.0. The molecule has 1 atom stereocenters. The van der Waals surface area contributed by atoms with E-state index in [0.29, 0.717) is 6.04 Å². The van der Waals surface area contributed by atoms with Gasteiger partial charge in [-0.3, -0.25) is 0 Å². The molecule has 1 unspecified atom stereocenters. The van der Waals surface area contributed by atoms with Crippen LogP contribution in [-0.2, 0) is 0 Å². The molecule has 20 heavy (non-hydrogen) atoms. The standard InChI is InChI=1S/C17H20N2O/c1-12(2)19-11-16(13-7-4-3-5-8-13)20-15-10-6-9-14(18)17(15)19/h3-10,12,16H,11,18H2,1-2H3. The second-order valence-electron chi connectivity index (χ2n) is 5.46. The summed E-state index contributed by atoms with van der Waals surface area (Å²) in [5, 5.41) is 0. The van der Waals surface area contributed by atoms with E-state index in [1.807, 2.05) is 36.4 Å². The summed E-state index contributed by atoms with van der Waals surface area (Å²) in [7, 11) is 0. The fourth-order valence-electron chi connectivity index (χ4n) is 2.71. The Balaban J connectivity index is 2.02. The van der Waals surface area contributed by atoms with Gasteiger partial charge in [-0.25, -0.2) is 0 Å². The molecule has 2 aromatic carbocycles. The van der Waals surface area contributed by atoms with Crippen LogP contribution in [0.25, 0.3) is 0 Å². The predicted molar refractivity (Wildman–Crippen MR) is 83.1 cm³/mol. The van der Waals surface area contributed by atoms with Gasteiger partial charge in [0.1, 0.15) is 17.5 Å². The van der Waals surface area contributed by atoms with Crippen LogP contribution in [0.3, 0.4) is 0 Å². The van der Waals surface area contributed by atoms with Crippen LogP contribution in [0.2, 0.25) is 0 Å². The van der Waals surface area contributed by atoms with Gasteiger partial charge in [0.2, 0.25) is 0 Å². The van der Waals surface area contributed by atoms with E-state index >= 15 is 0 Å². The summed E-state index contributed by atoms with van der Waals surface area (Å²) in [4.78, 5) is 2.33. The normalized spacial score (nSPS) is 17.8. The van der Waals surface area contributed by atoms with Crippen molar-refractivity contribution in [1.29, 1.82) is 0 Å². The van der Waals surface area contributed by atoms with Gasteiger partial charge in [-0.2, -0.15) is 0 Å². The van der Waals surface area contributed by atoms with Crippen molar-refractivity contribution in [2.45, 2.75) is 26.0 Å². The highest BCUT2D eigenvalue weighted by Gasteiger charge is 2.29. The molecule has 0 spiro atoms. The number of hydrogen-bond donors (Lipinski definition) is 1. The average molecular weight is 268 g/mol. The monoisotopic (exact) mass is 268 g/mol. The first-order valence-corrected chi connectivity index (χ1v) is 7.03. The number of nitrogen functional groups attached to an aromatic ring is 1. The molecule has 3 heteroatoms. The number of anilines is 2. The summed E-state index contributed by atoms with van der Waals surface area (Å²) in [6.45, 7) is 5.19. The zero-order chi connectivity index (χ0) is 14.1. The topological polar surface area (TPSA) is 38.5 Å². The highest BCUT2D eigenvalue weighted by atomic mass is 16.5. The van der Waals surface area contributed by atoms with Crippen LogP contribution in [-0.4, -0.2) is 12.6 Å². The van der Waals surface area contributed by atoms with Gasteiger partial charge in [-0.1, -0.05) is 36.4 Å². The number of rotatable bonds is 2. The third kappa shape index (κ3) is 2.20. The predicted octanol–water partition coefficient (Wildman–Crippen LogP) is 3.62. The highest BCUT2D eigenvalue weighted by Crippen LogP contribution is 2.42. The molecular formula is C17H20N2O. The fraction of sp³-hybridized carbons (Fsp3) is 0.294. The van der Waals surface area contributed by atoms with E-state index in [2.05, 4.69) is 30.9 Å². The van der Waals surface area contributed by atoms with E-state index in [0.717, 1.165) is 23.7 Å². The molecule has 1 aliphatic rings. The van der Waals surface area contributed by atoms with Crippen molar-refractivity contribution >= 4 is 11.4 Å². The second-order valence-corrected chi connectivity index (χ2v) is 5.46. The summed E-state index contributed by atoms with van der Waals surface area (Å²) in [5.41, 5.74) is 9.14. The van der Waals surface area contributed by atoms with Crippen molar-refractivity contribution in [3.8, 4) is 5.75 Å². The summed E-state index contributed by atoms with van der Waals surface area (Å²) in [5.74, 6) is 0.874. The minimum atomic E-state index is 0.0490. The lowest BCUT2D eigenvalue weighted by Crippen LogP contribution is -2.40. The molecule has 2 N–H and O–H groups in total. The molecule has 1 heterocycles. The molecule has 104 valence electrons. The van der Waals surface area contributed by atoms with Crippen molar-refractivity contribution in [2.75, 3.05) is 17.2 Å². The fourth-order valence-corrected chi connectivity index (χ4v) is 2.71. The molecule has 3 nitrogen and oxygen atoms in total. The van der Waals surface area contributed by atoms with Crippen molar-refractivity contribution in [2.24, 2.45) is 0 Å². The maximum absolute atomic E-state index is 6.16. The van der Waals surface area contributed by atoms with Gasteiger partial charge in [-0.05, 0) is 31.5 Å².